The Morgan fingerprint density at radius 3 is 2.72 bits per heavy atom. The standard InChI is InChI=1S/C18H26N2O5/c1-24-10-3-11-25-16-5-2-4-14(12-16)13-19-18(23)20-8-6-15(7-9-20)17(21)22/h2,4-5,12,15H,3,6-11,13H2,1H3,(H,19,23)(H,21,22). The molecule has 1 saturated heterocycles. The van der Waals surface area contributed by atoms with Gasteiger partial charge in [-0.05, 0) is 30.5 Å². The monoisotopic (exact) mass is 350 g/mol. The van der Waals surface area contributed by atoms with Crippen LogP contribution in [0.4, 0.5) is 4.79 Å². The van der Waals surface area contributed by atoms with Crippen LogP contribution < -0.4 is 10.1 Å². The molecule has 0 aromatic heterocycles. The zero-order valence-electron chi connectivity index (χ0n) is 14.6. The molecule has 25 heavy (non-hydrogen) atoms. The van der Waals surface area contributed by atoms with E-state index < -0.39 is 5.97 Å². The van der Waals surface area contributed by atoms with Crippen molar-refractivity contribution in [3.05, 3.63) is 29.8 Å². The van der Waals surface area contributed by atoms with Crippen molar-refractivity contribution in [1.82, 2.24) is 10.2 Å². The summed E-state index contributed by atoms with van der Waals surface area (Å²) in [6.07, 6.45) is 1.84. The zero-order chi connectivity index (χ0) is 18.1. The van der Waals surface area contributed by atoms with Crippen LogP contribution in [0.3, 0.4) is 0 Å². The highest BCUT2D eigenvalue weighted by atomic mass is 16.5. The maximum atomic E-state index is 12.2. The van der Waals surface area contributed by atoms with Crippen LogP contribution in [0, 0.1) is 5.92 Å². The van der Waals surface area contributed by atoms with Gasteiger partial charge in [0, 0.05) is 39.8 Å². The van der Waals surface area contributed by atoms with Crippen molar-refractivity contribution in [2.24, 2.45) is 5.92 Å². The number of carbonyl (C=O) groups excluding carboxylic acids is 1. The van der Waals surface area contributed by atoms with Crippen molar-refractivity contribution in [3.8, 4) is 5.75 Å². The average molecular weight is 350 g/mol. The summed E-state index contributed by atoms with van der Waals surface area (Å²) in [6.45, 7) is 2.61. The van der Waals surface area contributed by atoms with Gasteiger partial charge in [-0.25, -0.2) is 4.79 Å². The summed E-state index contributed by atoms with van der Waals surface area (Å²) in [4.78, 5) is 24.8. The molecular formula is C18H26N2O5. The van der Waals surface area contributed by atoms with Gasteiger partial charge in [0.1, 0.15) is 5.75 Å². The third-order valence-electron chi connectivity index (χ3n) is 4.24. The fourth-order valence-corrected chi connectivity index (χ4v) is 2.76. The quantitative estimate of drug-likeness (QED) is 0.701. The Kier molecular flexibility index (Phi) is 7.53. The van der Waals surface area contributed by atoms with E-state index in [0.717, 1.165) is 17.7 Å². The van der Waals surface area contributed by atoms with E-state index in [9.17, 15) is 9.59 Å². The highest BCUT2D eigenvalue weighted by Gasteiger charge is 2.26. The first kappa shape index (κ1) is 19.1. The number of methoxy groups -OCH3 is 1. The van der Waals surface area contributed by atoms with Crippen LogP contribution in [0.2, 0.25) is 0 Å². The SMILES string of the molecule is COCCCOc1cccc(CNC(=O)N2CCC(C(=O)O)CC2)c1. The summed E-state index contributed by atoms with van der Waals surface area (Å²) in [5.74, 6) is -0.344. The molecule has 0 radical (unpaired) electrons. The maximum absolute atomic E-state index is 12.2. The molecule has 2 amide bonds. The summed E-state index contributed by atoms with van der Waals surface area (Å²) in [5.41, 5.74) is 0.956. The molecular weight excluding hydrogens is 324 g/mol. The van der Waals surface area contributed by atoms with Crippen molar-refractivity contribution in [3.63, 3.8) is 0 Å². The average Bonchev–Trinajstić information content (AvgIpc) is 2.64. The lowest BCUT2D eigenvalue weighted by molar-refractivity contribution is -0.143. The molecule has 0 spiro atoms. The van der Waals surface area contributed by atoms with Gasteiger partial charge in [-0.1, -0.05) is 12.1 Å². The Morgan fingerprint density at radius 2 is 2.04 bits per heavy atom. The van der Waals surface area contributed by atoms with E-state index in [-0.39, 0.29) is 11.9 Å². The minimum absolute atomic E-state index is 0.157. The molecule has 0 unspecified atom stereocenters. The first-order valence-electron chi connectivity index (χ1n) is 8.56. The summed E-state index contributed by atoms with van der Waals surface area (Å²) < 4.78 is 10.6. The molecule has 1 aromatic rings. The lowest BCUT2D eigenvalue weighted by Gasteiger charge is -2.30. The number of carboxylic acid groups (broad SMARTS) is 1. The van der Waals surface area contributed by atoms with Gasteiger partial charge in [0.25, 0.3) is 0 Å². The van der Waals surface area contributed by atoms with Crippen LogP contribution in [0.25, 0.3) is 0 Å². The van der Waals surface area contributed by atoms with Crippen LogP contribution in [0.1, 0.15) is 24.8 Å². The largest absolute Gasteiger partial charge is 0.493 e. The molecule has 2 N–H and O–H groups in total. The number of likely N-dealkylation sites (tertiary alicyclic amines) is 1. The van der Waals surface area contributed by atoms with E-state index >= 15 is 0 Å². The predicted octanol–water partition coefficient (Wildman–Crippen LogP) is 2.11. The number of rotatable bonds is 8. The van der Waals surface area contributed by atoms with Crippen LogP contribution in [0.5, 0.6) is 5.75 Å². The minimum atomic E-state index is -0.776. The lowest BCUT2D eigenvalue weighted by atomic mass is 9.97. The minimum Gasteiger partial charge on any atom is -0.493 e. The number of nitrogens with zero attached hydrogens (tertiary/aromatic N) is 1. The third kappa shape index (κ3) is 6.26. The second-order valence-electron chi connectivity index (χ2n) is 6.10. The normalized spacial score (nSPS) is 15.0. The van der Waals surface area contributed by atoms with Gasteiger partial charge >= 0.3 is 12.0 Å². The highest BCUT2D eigenvalue weighted by molar-refractivity contribution is 5.75. The number of aliphatic carboxylic acids is 1. The van der Waals surface area contributed by atoms with Crippen molar-refractivity contribution >= 4 is 12.0 Å². The van der Waals surface area contributed by atoms with E-state index in [4.69, 9.17) is 14.6 Å². The lowest BCUT2D eigenvalue weighted by Crippen LogP contribution is -2.45. The first-order valence-corrected chi connectivity index (χ1v) is 8.56. The summed E-state index contributed by atoms with van der Waals surface area (Å²) in [6, 6.07) is 7.46. The number of urea groups is 1. The Balaban J connectivity index is 1.75. The van der Waals surface area contributed by atoms with E-state index in [2.05, 4.69) is 5.32 Å². The fraction of sp³-hybridized carbons (Fsp3) is 0.556. The Morgan fingerprint density at radius 1 is 1.28 bits per heavy atom. The maximum Gasteiger partial charge on any atom is 0.317 e. The summed E-state index contributed by atoms with van der Waals surface area (Å²) in [7, 11) is 1.66. The van der Waals surface area contributed by atoms with E-state index in [1.807, 2.05) is 24.3 Å². The number of carbonyl (C=O) groups is 2. The van der Waals surface area contributed by atoms with E-state index in [1.165, 1.54) is 0 Å². The van der Waals surface area contributed by atoms with Crippen LogP contribution >= 0.6 is 0 Å². The topological polar surface area (TPSA) is 88.1 Å². The number of piperidine rings is 1. The molecule has 2 rings (SSSR count). The number of carboxylic acids is 1. The molecule has 7 nitrogen and oxygen atoms in total. The van der Waals surface area contributed by atoms with Gasteiger partial charge in [0.2, 0.25) is 0 Å². The van der Waals surface area contributed by atoms with Gasteiger partial charge in [-0.3, -0.25) is 4.79 Å². The number of amides is 2. The Labute approximate surface area is 147 Å². The molecule has 1 aromatic carbocycles. The van der Waals surface area contributed by atoms with Crippen molar-refractivity contribution in [2.45, 2.75) is 25.8 Å². The zero-order valence-corrected chi connectivity index (χ0v) is 14.6. The second kappa shape index (κ2) is 9.88. The van der Waals surface area contributed by atoms with Gasteiger partial charge in [-0.2, -0.15) is 0 Å². The van der Waals surface area contributed by atoms with Gasteiger partial charge in [-0.15, -0.1) is 0 Å². The van der Waals surface area contributed by atoms with E-state index in [1.54, 1.807) is 12.0 Å². The van der Waals surface area contributed by atoms with E-state index in [0.29, 0.717) is 45.7 Å². The molecule has 0 aliphatic carbocycles. The number of ether oxygens (including phenoxy) is 2. The summed E-state index contributed by atoms with van der Waals surface area (Å²) in [5, 5.41) is 11.9. The summed E-state index contributed by atoms with van der Waals surface area (Å²) >= 11 is 0. The first-order chi connectivity index (χ1) is 12.1. The number of benzene rings is 1. The third-order valence-corrected chi connectivity index (χ3v) is 4.24. The fourth-order valence-electron chi connectivity index (χ4n) is 2.76. The van der Waals surface area contributed by atoms with Gasteiger partial charge < -0.3 is 24.8 Å². The number of hydrogen-bond acceptors (Lipinski definition) is 4. The van der Waals surface area contributed by atoms with Gasteiger partial charge in [0.15, 0.2) is 0 Å². The molecule has 1 fully saturated rings. The van der Waals surface area contributed by atoms with Crippen molar-refractivity contribution < 1.29 is 24.2 Å². The molecule has 7 heteroatoms. The molecule has 0 bridgehead atoms. The molecule has 1 heterocycles. The molecule has 1 aliphatic heterocycles. The molecule has 0 atom stereocenters. The smallest absolute Gasteiger partial charge is 0.317 e. The van der Waals surface area contributed by atoms with Crippen LogP contribution in [-0.2, 0) is 16.1 Å². The molecule has 1 aliphatic rings. The van der Waals surface area contributed by atoms with Crippen molar-refractivity contribution in [2.75, 3.05) is 33.4 Å². The highest BCUT2D eigenvalue weighted by Crippen LogP contribution is 2.17. The van der Waals surface area contributed by atoms with Crippen molar-refractivity contribution in [1.29, 1.82) is 0 Å². The van der Waals surface area contributed by atoms with Crippen LogP contribution in [-0.4, -0.2) is 55.4 Å². The number of nitrogens with one attached hydrogen (secondary N) is 1. The second-order valence-corrected chi connectivity index (χ2v) is 6.10. The Hall–Kier alpha value is -2.28. The predicted molar refractivity (Wildman–Crippen MR) is 92.6 cm³/mol. The molecule has 138 valence electrons. The Bertz CT molecular complexity index is 570. The van der Waals surface area contributed by atoms with Crippen LogP contribution in [0.15, 0.2) is 24.3 Å². The number of hydrogen-bond donors (Lipinski definition) is 2. The molecule has 0 saturated carbocycles. The van der Waals surface area contributed by atoms with Gasteiger partial charge in [0.05, 0.1) is 12.5 Å².